The highest BCUT2D eigenvalue weighted by atomic mass is 32.2. The molecule has 1 heterocycles. The van der Waals surface area contributed by atoms with Crippen molar-refractivity contribution in [3.8, 4) is 23.3 Å². The number of rotatable bonds is 2. The Morgan fingerprint density at radius 2 is 1.95 bits per heavy atom. The van der Waals surface area contributed by atoms with Gasteiger partial charge in [-0.1, -0.05) is 12.1 Å². The zero-order valence-corrected chi connectivity index (χ0v) is 11.4. The molecule has 2 aromatic rings. The van der Waals surface area contributed by atoms with Gasteiger partial charge in [-0.2, -0.15) is 10.5 Å². The molecule has 1 aromatic carbocycles. The van der Waals surface area contributed by atoms with Crippen LogP contribution in [0, 0.1) is 22.7 Å². The molecule has 0 saturated carbocycles. The first-order valence-corrected chi connectivity index (χ1v) is 6.85. The largest absolute Gasteiger partial charge is 0.384 e. The number of aromatic nitrogens is 1. The monoisotopic (exact) mass is 282 g/mol. The summed E-state index contributed by atoms with van der Waals surface area (Å²) >= 11 is 1.53. The Balaban J connectivity index is 2.88. The molecule has 0 atom stereocenters. The van der Waals surface area contributed by atoms with Crippen molar-refractivity contribution < 1.29 is 0 Å². The van der Waals surface area contributed by atoms with Gasteiger partial charge in [0.15, 0.2) is 0 Å². The van der Waals surface area contributed by atoms with Gasteiger partial charge in [0.1, 0.15) is 29.1 Å². The molecule has 0 amide bonds. The third-order valence-electron chi connectivity index (χ3n) is 2.83. The van der Waals surface area contributed by atoms with Crippen molar-refractivity contribution >= 4 is 17.6 Å². The van der Waals surface area contributed by atoms with Crippen molar-refractivity contribution in [3.63, 3.8) is 0 Å². The molecule has 0 bridgehead atoms. The average Bonchev–Trinajstić information content (AvgIpc) is 2.46. The molecule has 0 unspecified atom stereocenters. The van der Waals surface area contributed by atoms with Crippen molar-refractivity contribution in [3.05, 3.63) is 45.7 Å². The van der Waals surface area contributed by atoms with E-state index in [0.717, 1.165) is 4.90 Å². The second-order valence-electron chi connectivity index (χ2n) is 3.95. The van der Waals surface area contributed by atoms with Crippen LogP contribution < -0.4 is 11.3 Å². The molecule has 0 fully saturated rings. The number of H-pyrrole nitrogens is 1. The van der Waals surface area contributed by atoms with Crippen LogP contribution in [0.25, 0.3) is 11.1 Å². The third kappa shape index (κ3) is 2.25. The number of nitrogens with zero attached hydrogens (tertiary/aromatic N) is 2. The first-order valence-electron chi connectivity index (χ1n) is 5.62. The van der Waals surface area contributed by atoms with Crippen LogP contribution in [0.15, 0.2) is 34.0 Å². The molecule has 3 N–H and O–H groups in total. The van der Waals surface area contributed by atoms with Crippen molar-refractivity contribution in [1.82, 2.24) is 4.98 Å². The lowest BCUT2D eigenvalue weighted by molar-refractivity contribution is 1.21. The first-order chi connectivity index (χ1) is 9.62. The number of nitrogen functional groups attached to an aromatic ring is 1. The molecule has 0 aliphatic rings. The zero-order valence-electron chi connectivity index (χ0n) is 10.6. The number of anilines is 1. The Kier molecular flexibility index (Phi) is 3.79. The molecule has 2 rings (SSSR count). The maximum atomic E-state index is 11.8. The molecule has 0 radical (unpaired) electrons. The molecule has 1 aromatic heterocycles. The number of benzene rings is 1. The minimum absolute atomic E-state index is 0.0268. The molecular weight excluding hydrogens is 272 g/mol. The number of aromatic amines is 1. The molecule has 5 nitrogen and oxygen atoms in total. The minimum atomic E-state index is -0.589. The minimum Gasteiger partial charge on any atom is -0.384 e. The predicted molar refractivity (Wildman–Crippen MR) is 78.1 cm³/mol. The number of nitrogens with two attached hydrogens (primary N) is 1. The summed E-state index contributed by atoms with van der Waals surface area (Å²) in [6, 6.07) is 11.1. The standard InChI is InChI=1S/C14H10N4OS/c1-20-9-4-2-3-8(5-9)12-10(6-15)13(17)18-14(19)11(12)7-16/h2-5H,1H3,(H3,17,18,19). The number of pyridine rings is 1. The second-order valence-corrected chi connectivity index (χ2v) is 4.83. The number of nitriles is 2. The van der Waals surface area contributed by atoms with Crippen molar-refractivity contribution in [1.29, 1.82) is 10.5 Å². The van der Waals surface area contributed by atoms with Gasteiger partial charge in [0.2, 0.25) is 0 Å². The summed E-state index contributed by atoms with van der Waals surface area (Å²) in [6.45, 7) is 0. The Morgan fingerprint density at radius 1 is 1.25 bits per heavy atom. The van der Waals surface area contributed by atoms with Gasteiger partial charge in [0, 0.05) is 10.5 Å². The maximum Gasteiger partial charge on any atom is 0.268 e. The lowest BCUT2D eigenvalue weighted by Gasteiger charge is -2.09. The number of hydrogen-bond donors (Lipinski definition) is 2. The molecule has 6 heteroatoms. The molecule has 0 saturated heterocycles. The van der Waals surface area contributed by atoms with E-state index in [2.05, 4.69) is 4.98 Å². The molecule has 0 aliphatic carbocycles. The van der Waals surface area contributed by atoms with Gasteiger partial charge in [0.05, 0.1) is 0 Å². The molecule has 0 aliphatic heterocycles. The van der Waals surface area contributed by atoms with Gasteiger partial charge < -0.3 is 10.7 Å². The normalized spacial score (nSPS) is 9.75. The predicted octanol–water partition coefficient (Wildman–Crippen LogP) is 2.09. The molecule has 20 heavy (non-hydrogen) atoms. The van der Waals surface area contributed by atoms with Crippen LogP contribution >= 0.6 is 11.8 Å². The quantitative estimate of drug-likeness (QED) is 0.820. The van der Waals surface area contributed by atoms with Crippen LogP contribution in [0.3, 0.4) is 0 Å². The van der Waals surface area contributed by atoms with Crippen LogP contribution in [-0.4, -0.2) is 11.2 Å². The molecular formula is C14H10N4OS. The number of nitrogens with one attached hydrogen (secondary N) is 1. The Hall–Kier alpha value is -2.70. The van der Waals surface area contributed by atoms with Gasteiger partial charge in [-0.15, -0.1) is 11.8 Å². The van der Waals surface area contributed by atoms with Crippen LogP contribution in [0.4, 0.5) is 5.82 Å². The van der Waals surface area contributed by atoms with E-state index in [-0.39, 0.29) is 22.5 Å². The lowest BCUT2D eigenvalue weighted by atomic mass is 9.97. The fourth-order valence-electron chi connectivity index (χ4n) is 1.91. The first kappa shape index (κ1) is 13.7. The smallest absolute Gasteiger partial charge is 0.268 e. The van der Waals surface area contributed by atoms with Crippen molar-refractivity contribution in [2.45, 2.75) is 4.90 Å². The average molecular weight is 282 g/mol. The van der Waals surface area contributed by atoms with Crippen LogP contribution in [0.1, 0.15) is 11.1 Å². The summed E-state index contributed by atoms with van der Waals surface area (Å²) in [5.74, 6) is -0.0268. The highest BCUT2D eigenvalue weighted by molar-refractivity contribution is 7.98. The van der Waals surface area contributed by atoms with Gasteiger partial charge in [-0.05, 0) is 24.0 Å². The van der Waals surface area contributed by atoms with Crippen LogP contribution in [0.2, 0.25) is 0 Å². The highest BCUT2D eigenvalue weighted by Gasteiger charge is 2.18. The summed E-state index contributed by atoms with van der Waals surface area (Å²) in [5.41, 5.74) is 6.00. The van der Waals surface area contributed by atoms with E-state index >= 15 is 0 Å². The fraction of sp³-hybridized carbons (Fsp3) is 0.0714. The second kappa shape index (κ2) is 5.52. The fourth-order valence-corrected chi connectivity index (χ4v) is 2.37. The topological polar surface area (TPSA) is 106 Å². The SMILES string of the molecule is CSc1cccc(-c2c(C#N)c(N)[nH]c(=O)c2C#N)c1. The van der Waals surface area contributed by atoms with E-state index in [1.54, 1.807) is 12.1 Å². The molecule has 0 spiro atoms. The summed E-state index contributed by atoms with van der Waals surface area (Å²) in [5, 5.41) is 18.4. The maximum absolute atomic E-state index is 11.8. The van der Waals surface area contributed by atoms with Gasteiger partial charge >= 0.3 is 0 Å². The van der Waals surface area contributed by atoms with Gasteiger partial charge in [0.25, 0.3) is 5.56 Å². The van der Waals surface area contributed by atoms with Gasteiger partial charge in [-0.3, -0.25) is 4.79 Å². The lowest BCUT2D eigenvalue weighted by Crippen LogP contribution is -2.16. The summed E-state index contributed by atoms with van der Waals surface area (Å²) in [4.78, 5) is 15.1. The van der Waals surface area contributed by atoms with E-state index in [9.17, 15) is 15.3 Å². The Morgan fingerprint density at radius 3 is 2.55 bits per heavy atom. The van der Waals surface area contributed by atoms with E-state index in [1.165, 1.54) is 11.8 Å². The van der Waals surface area contributed by atoms with E-state index in [1.807, 2.05) is 30.5 Å². The van der Waals surface area contributed by atoms with Crippen LogP contribution in [-0.2, 0) is 0 Å². The Labute approximate surface area is 119 Å². The van der Waals surface area contributed by atoms with E-state index < -0.39 is 5.56 Å². The van der Waals surface area contributed by atoms with E-state index in [4.69, 9.17) is 5.73 Å². The van der Waals surface area contributed by atoms with Crippen molar-refractivity contribution in [2.75, 3.05) is 12.0 Å². The summed E-state index contributed by atoms with van der Waals surface area (Å²) < 4.78 is 0. The summed E-state index contributed by atoms with van der Waals surface area (Å²) in [7, 11) is 0. The summed E-state index contributed by atoms with van der Waals surface area (Å²) in [6.07, 6.45) is 1.92. The Bertz CT molecular complexity index is 811. The van der Waals surface area contributed by atoms with Crippen molar-refractivity contribution in [2.24, 2.45) is 0 Å². The van der Waals surface area contributed by atoms with Gasteiger partial charge in [-0.25, -0.2) is 0 Å². The van der Waals surface area contributed by atoms with E-state index in [0.29, 0.717) is 5.56 Å². The number of thioether (sulfide) groups is 1. The zero-order chi connectivity index (χ0) is 14.7. The molecule has 98 valence electrons. The third-order valence-corrected chi connectivity index (χ3v) is 3.55. The van der Waals surface area contributed by atoms with Crippen LogP contribution in [0.5, 0.6) is 0 Å². The highest BCUT2D eigenvalue weighted by Crippen LogP contribution is 2.30. The number of hydrogen-bond acceptors (Lipinski definition) is 5.